The summed E-state index contributed by atoms with van der Waals surface area (Å²) in [6.45, 7) is 0.626. The SMILES string of the molecule is O=C(Cn1nnc(-c2ccccc2)n1)N(Cc1ccc(Cl)c(Cl)c1)Cc1ccccn1. The van der Waals surface area contributed by atoms with E-state index in [-0.39, 0.29) is 12.5 Å². The number of pyridine rings is 1. The highest BCUT2D eigenvalue weighted by Crippen LogP contribution is 2.23. The summed E-state index contributed by atoms with van der Waals surface area (Å²) in [6, 6.07) is 20.4. The van der Waals surface area contributed by atoms with Gasteiger partial charge in [-0.25, -0.2) is 0 Å². The van der Waals surface area contributed by atoms with E-state index in [4.69, 9.17) is 23.2 Å². The summed E-state index contributed by atoms with van der Waals surface area (Å²) in [6.07, 6.45) is 1.70. The molecule has 2 aromatic carbocycles. The average molecular weight is 453 g/mol. The first-order valence-corrected chi connectivity index (χ1v) is 10.3. The van der Waals surface area contributed by atoms with Gasteiger partial charge < -0.3 is 4.90 Å². The van der Waals surface area contributed by atoms with E-state index in [1.54, 1.807) is 23.2 Å². The maximum atomic E-state index is 13.1. The Hall–Kier alpha value is -3.29. The van der Waals surface area contributed by atoms with Crippen LogP contribution in [-0.4, -0.2) is 36.0 Å². The Bertz CT molecular complexity index is 1170. The number of benzene rings is 2. The molecule has 0 N–H and O–H groups in total. The fraction of sp³-hybridized carbons (Fsp3) is 0.136. The number of hydrogen-bond donors (Lipinski definition) is 0. The molecule has 0 radical (unpaired) electrons. The quantitative estimate of drug-likeness (QED) is 0.418. The van der Waals surface area contributed by atoms with Crippen LogP contribution in [0.15, 0.2) is 72.9 Å². The maximum absolute atomic E-state index is 13.1. The van der Waals surface area contributed by atoms with Crippen molar-refractivity contribution in [1.29, 1.82) is 0 Å². The molecule has 0 saturated heterocycles. The molecule has 7 nitrogen and oxygen atoms in total. The van der Waals surface area contributed by atoms with Gasteiger partial charge in [-0.15, -0.1) is 10.2 Å². The van der Waals surface area contributed by atoms with Gasteiger partial charge in [0, 0.05) is 18.3 Å². The third-order valence-electron chi connectivity index (χ3n) is 4.55. The molecule has 9 heteroatoms. The Morgan fingerprint density at radius 2 is 1.74 bits per heavy atom. The van der Waals surface area contributed by atoms with Crippen LogP contribution in [0.1, 0.15) is 11.3 Å². The van der Waals surface area contributed by atoms with Crippen molar-refractivity contribution in [3.8, 4) is 11.4 Å². The molecule has 0 fully saturated rings. The number of tetrazole rings is 1. The minimum atomic E-state index is -0.172. The number of rotatable bonds is 7. The van der Waals surface area contributed by atoms with Crippen LogP contribution in [0.2, 0.25) is 10.0 Å². The Labute approximate surface area is 189 Å². The van der Waals surface area contributed by atoms with Gasteiger partial charge in [-0.3, -0.25) is 9.78 Å². The molecular weight excluding hydrogens is 435 g/mol. The normalized spacial score (nSPS) is 10.8. The van der Waals surface area contributed by atoms with Crippen molar-refractivity contribution in [3.05, 3.63) is 94.2 Å². The van der Waals surface area contributed by atoms with E-state index in [1.165, 1.54) is 4.80 Å². The largest absolute Gasteiger partial charge is 0.331 e. The molecule has 0 bridgehead atoms. The molecule has 4 rings (SSSR count). The Morgan fingerprint density at radius 1 is 0.935 bits per heavy atom. The zero-order valence-electron chi connectivity index (χ0n) is 16.4. The molecule has 156 valence electrons. The zero-order chi connectivity index (χ0) is 21.6. The summed E-state index contributed by atoms with van der Waals surface area (Å²) in [4.78, 5) is 20.4. The van der Waals surface area contributed by atoms with Gasteiger partial charge in [-0.05, 0) is 35.0 Å². The van der Waals surface area contributed by atoms with Crippen LogP contribution in [0.4, 0.5) is 0 Å². The zero-order valence-corrected chi connectivity index (χ0v) is 17.9. The molecule has 0 aliphatic rings. The summed E-state index contributed by atoms with van der Waals surface area (Å²) in [5.41, 5.74) is 2.46. The van der Waals surface area contributed by atoms with E-state index in [9.17, 15) is 4.79 Å². The van der Waals surface area contributed by atoms with Crippen molar-refractivity contribution < 1.29 is 4.79 Å². The topological polar surface area (TPSA) is 76.8 Å². The van der Waals surface area contributed by atoms with Crippen LogP contribution in [0.3, 0.4) is 0 Å². The lowest BCUT2D eigenvalue weighted by Gasteiger charge is -2.22. The fourth-order valence-electron chi connectivity index (χ4n) is 3.01. The molecule has 1 amide bonds. The van der Waals surface area contributed by atoms with Crippen molar-refractivity contribution in [2.45, 2.75) is 19.6 Å². The van der Waals surface area contributed by atoms with E-state index in [0.717, 1.165) is 16.8 Å². The number of hydrogen-bond acceptors (Lipinski definition) is 5. The van der Waals surface area contributed by atoms with Crippen molar-refractivity contribution in [2.24, 2.45) is 0 Å². The van der Waals surface area contributed by atoms with Crippen LogP contribution in [0.5, 0.6) is 0 Å². The number of aromatic nitrogens is 5. The van der Waals surface area contributed by atoms with Gasteiger partial charge in [0.15, 0.2) is 0 Å². The van der Waals surface area contributed by atoms with Gasteiger partial charge in [-0.2, -0.15) is 4.80 Å². The Balaban J connectivity index is 1.53. The minimum Gasteiger partial charge on any atom is -0.331 e. The van der Waals surface area contributed by atoms with Crippen LogP contribution < -0.4 is 0 Å². The van der Waals surface area contributed by atoms with Crippen molar-refractivity contribution in [1.82, 2.24) is 30.1 Å². The summed E-state index contributed by atoms with van der Waals surface area (Å²) in [5.74, 6) is 0.294. The second kappa shape index (κ2) is 9.68. The van der Waals surface area contributed by atoms with Crippen molar-refractivity contribution in [2.75, 3.05) is 0 Å². The van der Waals surface area contributed by atoms with Gasteiger partial charge >= 0.3 is 0 Å². The monoisotopic (exact) mass is 452 g/mol. The van der Waals surface area contributed by atoms with Crippen LogP contribution in [0, 0.1) is 0 Å². The highest BCUT2D eigenvalue weighted by atomic mass is 35.5. The smallest absolute Gasteiger partial charge is 0.246 e. The second-order valence-electron chi connectivity index (χ2n) is 6.83. The fourth-order valence-corrected chi connectivity index (χ4v) is 3.33. The van der Waals surface area contributed by atoms with E-state index < -0.39 is 0 Å². The Morgan fingerprint density at radius 3 is 2.48 bits per heavy atom. The summed E-state index contributed by atoms with van der Waals surface area (Å²) in [5, 5.41) is 13.3. The van der Waals surface area contributed by atoms with Crippen LogP contribution >= 0.6 is 23.2 Å². The molecule has 0 saturated carbocycles. The first-order valence-electron chi connectivity index (χ1n) is 9.53. The third kappa shape index (κ3) is 5.45. The molecule has 0 aliphatic carbocycles. The standard InChI is InChI=1S/C22H18Cl2N6O/c23-19-10-9-16(12-20(19)24)13-29(14-18-8-4-5-11-25-18)21(31)15-30-27-22(26-28-30)17-6-2-1-3-7-17/h1-12H,13-15H2. The number of halogens is 2. The van der Waals surface area contributed by atoms with Gasteiger partial charge in [0.25, 0.3) is 0 Å². The predicted molar refractivity (Wildman–Crippen MR) is 118 cm³/mol. The number of carbonyl (C=O) groups is 1. The maximum Gasteiger partial charge on any atom is 0.246 e. The van der Waals surface area contributed by atoms with Crippen molar-refractivity contribution >= 4 is 29.1 Å². The van der Waals surface area contributed by atoms with Gasteiger partial charge in [-0.1, -0.05) is 65.7 Å². The van der Waals surface area contributed by atoms with Crippen molar-refractivity contribution in [3.63, 3.8) is 0 Å². The van der Waals surface area contributed by atoms with E-state index in [1.807, 2.05) is 54.6 Å². The molecule has 31 heavy (non-hydrogen) atoms. The van der Waals surface area contributed by atoms with Crippen LogP contribution in [0.25, 0.3) is 11.4 Å². The first-order chi connectivity index (χ1) is 15.1. The number of carbonyl (C=O) groups excluding carboxylic acids is 1. The highest BCUT2D eigenvalue weighted by molar-refractivity contribution is 6.42. The Kier molecular flexibility index (Phi) is 6.54. The van der Waals surface area contributed by atoms with Gasteiger partial charge in [0.1, 0.15) is 6.54 Å². The van der Waals surface area contributed by atoms with Gasteiger partial charge in [0.2, 0.25) is 11.7 Å². The lowest BCUT2D eigenvalue weighted by atomic mass is 10.2. The predicted octanol–water partition coefficient (Wildman–Crippen LogP) is 4.27. The molecule has 2 aromatic heterocycles. The molecule has 4 aromatic rings. The molecule has 0 atom stereocenters. The van der Waals surface area contributed by atoms with E-state index in [0.29, 0.717) is 29.0 Å². The van der Waals surface area contributed by atoms with E-state index in [2.05, 4.69) is 20.4 Å². The lowest BCUT2D eigenvalue weighted by Crippen LogP contribution is -2.34. The average Bonchev–Trinajstić information content (AvgIpc) is 3.25. The second-order valence-corrected chi connectivity index (χ2v) is 7.64. The minimum absolute atomic E-state index is 0.0476. The van der Waals surface area contributed by atoms with Gasteiger partial charge in [0.05, 0.1) is 22.3 Å². The molecule has 2 heterocycles. The summed E-state index contributed by atoms with van der Waals surface area (Å²) in [7, 11) is 0. The third-order valence-corrected chi connectivity index (χ3v) is 5.29. The van der Waals surface area contributed by atoms with Crippen LogP contribution in [-0.2, 0) is 24.4 Å². The molecular formula is C22H18Cl2N6O. The number of nitrogens with zero attached hydrogens (tertiary/aromatic N) is 6. The van der Waals surface area contributed by atoms with E-state index >= 15 is 0 Å². The lowest BCUT2D eigenvalue weighted by molar-refractivity contribution is -0.133. The molecule has 0 unspecified atom stereocenters. The number of amides is 1. The molecule has 0 aliphatic heterocycles. The highest BCUT2D eigenvalue weighted by Gasteiger charge is 2.18. The summed E-state index contributed by atoms with van der Waals surface area (Å²) < 4.78 is 0. The molecule has 0 spiro atoms. The summed E-state index contributed by atoms with van der Waals surface area (Å²) >= 11 is 12.2. The first kappa shape index (κ1) is 21.0.